The number of hydrogen-bond donors (Lipinski definition) is 1. The number of alkyl carbamates (subject to hydrolysis) is 1. The topological polar surface area (TPSA) is 41.6 Å². The van der Waals surface area contributed by atoms with Crippen molar-refractivity contribution < 1.29 is 9.53 Å². The van der Waals surface area contributed by atoms with Crippen LogP contribution in [0, 0.1) is 6.92 Å². The quantitative estimate of drug-likeness (QED) is 0.829. The van der Waals surface area contributed by atoms with Gasteiger partial charge in [-0.2, -0.15) is 0 Å². The predicted octanol–water partition coefficient (Wildman–Crippen LogP) is 2.32. The van der Waals surface area contributed by atoms with Gasteiger partial charge in [0.15, 0.2) is 0 Å². The smallest absolute Gasteiger partial charge is 0.407 e. The van der Waals surface area contributed by atoms with Crippen LogP contribution < -0.4 is 10.2 Å². The van der Waals surface area contributed by atoms with E-state index in [-0.39, 0.29) is 18.2 Å². The lowest BCUT2D eigenvalue weighted by atomic mass is 10.2. The molecule has 1 aromatic carbocycles. The number of rotatable bonds is 1. The van der Waals surface area contributed by atoms with Crippen LogP contribution in [0.5, 0.6) is 0 Å². The molecule has 2 rings (SSSR count). The Bertz CT molecular complexity index is 400. The Morgan fingerprint density at radius 2 is 1.89 bits per heavy atom. The summed E-state index contributed by atoms with van der Waals surface area (Å²) in [6.07, 6.45) is -0.433. The molecule has 0 unspecified atom stereocenters. The lowest BCUT2D eigenvalue weighted by molar-refractivity contribution is 0.101. The highest BCUT2D eigenvalue weighted by Crippen LogP contribution is 2.17. The number of aryl methyl sites for hydroxylation is 1. The first-order valence-corrected chi connectivity index (χ1v) is 6.33. The number of amides is 1. The van der Waals surface area contributed by atoms with Crippen LogP contribution in [-0.4, -0.2) is 31.3 Å². The van der Waals surface area contributed by atoms with Crippen LogP contribution in [0.4, 0.5) is 10.5 Å². The lowest BCUT2D eigenvalue weighted by Gasteiger charge is -2.33. The largest absolute Gasteiger partial charge is 0.445 e. The van der Waals surface area contributed by atoms with E-state index in [9.17, 15) is 4.79 Å². The van der Waals surface area contributed by atoms with E-state index >= 15 is 0 Å². The number of nitrogens with one attached hydrogen (secondary N) is 1. The fourth-order valence-electron chi connectivity index (χ4n) is 2.18. The van der Waals surface area contributed by atoms with E-state index in [0.717, 1.165) is 13.1 Å². The molecule has 1 heterocycles. The average molecular weight is 248 g/mol. The van der Waals surface area contributed by atoms with Crippen molar-refractivity contribution in [3.05, 3.63) is 29.8 Å². The van der Waals surface area contributed by atoms with Crippen molar-refractivity contribution in [2.75, 3.05) is 18.0 Å². The molecule has 1 N–H and O–H groups in total. The maximum atomic E-state index is 11.4. The van der Waals surface area contributed by atoms with Crippen molar-refractivity contribution in [2.45, 2.75) is 32.9 Å². The Labute approximate surface area is 108 Å². The number of anilines is 1. The Balaban J connectivity index is 2.15. The van der Waals surface area contributed by atoms with E-state index in [2.05, 4.69) is 41.4 Å². The molecule has 0 aliphatic carbocycles. The van der Waals surface area contributed by atoms with Gasteiger partial charge >= 0.3 is 6.09 Å². The zero-order chi connectivity index (χ0) is 13.1. The Morgan fingerprint density at radius 1 is 1.22 bits per heavy atom. The average Bonchev–Trinajstić information content (AvgIpc) is 2.26. The molecule has 1 saturated heterocycles. The van der Waals surface area contributed by atoms with Crippen LogP contribution in [0.15, 0.2) is 24.3 Å². The fourth-order valence-corrected chi connectivity index (χ4v) is 2.18. The number of nitrogens with zero attached hydrogens (tertiary/aromatic N) is 1. The molecule has 1 aliphatic heterocycles. The molecular formula is C14H20N2O2. The van der Waals surface area contributed by atoms with Gasteiger partial charge in [0.25, 0.3) is 0 Å². The summed E-state index contributed by atoms with van der Waals surface area (Å²) >= 11 is 0. The zero-order valence-corrected chi connectivity index (χ0v) is 11.1. The number of benzene rings is 1. The van der Waals surface area contributed by atoms with Crippen LogP contribution in [0.25, 0.3) is 0 Å². The van der Waals surface area contributed by atoms with E-state index in [4.69, 9.17) is 4.74 Å². The maximum absolute atomic E-state index is 11.4. The summed E-state index contributed by atoms with van der Waals surface area (Å²) in [6, 6.07) is 8.49. The molecule has 18 heavy (non-hydrogen) atoms. The first kappa shape index (κ1) is 12.7. The first-order chi connectivity index (χ1) is 8.54. The van der Waals surface area contributed by atoms with E-state index in [1.807, 2.05) is 13.8 Å². The highest BCUT2D eigenvalue weighted by atomic mass is 16.6. The minimum Gasteiger partial charge on any atom is -0.445 e. The minimum atomic E-state index is -0.321. The highest BCUT2D eigenvalue weighted by Gasteiger charge is 2.21. The van der Waals surface area contributed by atoms with Gasteiger partial charge in [0, 0.05) is 18.3 Å². The lowest BCUT2D eigenvalue weighted by Crippen LogP contribution is -2.49. The molecule has 98 valence electrons. The molecule has 1 aromatic rings. The normalized spacial score (nSPS) is 24.8. The monoisotopic (exact) mass is 248 g/mol. The summed E-state index contributed by atoms with van der Waals surface area (Å²) in [5, 5.41) is 2.82. The van der Waals surface area contributed by atoms with Gasteiger partial charge in [-0.1, -0.05) is 17.7 Å². The molecular weight excluding hydrogens is 228 g/mol. The van der Waals surface area contributed by atoms with E-state index < -0.39 is 0 Å². The van der Waals surface area contributed by atoms with Crippen molar-refractivity contribution >= 4 is 11.8 Å². The maximum Gasteiger partial charge on any atom is 0.407 e. The number of hydrogen-bond acceptors (Lipinski definition) is 3. The van der Waals surface area contributed by atoms with Crippen LogP contribution in [-0.2, 0) is 4.74 Å². The number of carbonyl (C=O) groups is 1. The molecule has 1 fully saturated rings. The second kappa shape index (κ2) is 5.29. The molecule has 0 aromatic heterocycles. The van der Waals surface area contributed by atoms with Gasteiger partial charge in [-0.3, -0.25) is 0 Å². The van der Waals surface area contributed by atoms with Gasteiger partial charge in [0.2, 0.25) is 0 Å². The van der Waals surface area contributed by atoms with Crippen LogP contribution in [0.1, 0.15) is 19.4 Å². The third kappa shape index (κ3) is 3.15. The predicted molar refractivity (Wildman–Crippen MR) is 71.9 cm³/mol. The number of cyclic esters (lactones) is 1. The van der Waals surface area contributed by atoms with E-state index in [0.29, 0.717) is 0 Å². The van der Waals surface area contributed by atoms with Crippen molar-refractivity contribution in [1.82, 2.24) is 5.32 Å². The molecule has 0 bridgehead atoms. The molecule has 0 radical (unpaired) electrons. The van der Waals surface area contributed by atoms with Gasteiger partial charge in [0.05, 0.1) is 6.54 Å². The highest BCUT2D eigenvalue weighted by molar-refractivity contribution is 5.68. The second-order valence-electron chi connectivity index (χ2n) is 5.00. The second-order valence-corrected chi connectivity index (χ2v) is 5.00. The van der Waals surface area contributed by atoms with Crippen molar-refractivity contribution in [2.24, 2.45) is 0 Å². The summed E-state index contributed by atoms with van der Waals surface area (Å²) in [4.78, 5) is 13.6. The van der Waals surface area contributed by atoms with Crippen LogP contribution in [0.3, 0.4) is 0 Å². The standard InChI is InChI=1S/C14H20N2O2/c1-10-4-6-13(7-5-10)16-8-11(2)15-14(17)18-12(3)9-16/h4-7,11-12H,8-9H2,1-3H3,(H,15,17)/t11-,12-/m0/s1. The SMILES string of the molecule is Cc1ccc(N2C[C@H](C)NC(=O)O[C@@H](C)C2)cc1. The van der Waals surface area contributed by atoms with Gasteiger partial charge in [-0.05, 0) is 32.9 Å². The molecule has 1 aliphatic rings. The fraction of sp³-hybridized carbons (Fsp3) is 0.500. The molecule has 1 amide bonds. The third-order valence-corrected chi connectivity index (χ3v) is 3.04. The van der Waals surface area contributed by atoms with Crippen molar-refractivity contribution in [3.8, 4) is 0 Å². The molecule has 0 spiro atoms. The van der Waals surface area contributed by atoms with E-state index in [1.54, 1.807) is 0 Å². The molecule has 2 atom stereocenters. The van der Waals surface area contributed by atoms with Gasteiger partial charge in [-0.15, -0.1) is 0 Å². The van der Waals surface area contributed by atoms with E-state index in [1.165, 1.54) is 11.3 Å². The van der Waals surface area contributed by atoms with Crippen molar-refractivity contribution in [3.63, 3.8) is 0 Å². The van der Waals surface area contributed by atoms with Crippen LogP contribution in [0.2, 0.25) is 0 Å². The van der Waals surface area contributed by atoms with Gasteiger partial charge in [0.1, 0.15) is 6.10 Å². The summed E-state index contributed by atoms with van der Waals surface area (Å²) in [5.41, 5.74) is 2.41. The first-order valence-electron chi connectivity index (χ1n) is 6.33. The van der Waals surface area contributed by atoms with Gasteiger partial charge < -0.3 is 15.0 Å². The minimum absolute atomic E-state index is 0.0753. The van der Waals surface area contributed by atoms with Crippen molar-refractivity contribution in [1.29, 1.82) is 0 Å². The molecule has 4 heteroatoms. The zero-order valence-electron chi connectivity index (χ0n) is 11.1. The van der Waals surface area contributed by atoms with Gasteiger partial charge in [-0.25, -0.2) is 4.79 Å². The van der Waals surface area contributed by atoms with Crippen LogP contribution >= 0.6 is 0 Å². The number of ether oxygens (including phenoxy) is 1. The number of carbonyl (C=O) groups excluding carboxylic acids is 1. The molecule has 4 nitrogen and oxygen atoms in total. The Hall–Kier alpha value is -1.71. The summed E-state index contributed by atoms with van der Waals surface area (Å²) in [5.74, 6) is 0. The summed E-state index contributed by atoms with van der Waals surface area (Å²) < 4.78 is 5.25. The Morgan fingerprint density at radius 3 is 2.56 bits per heavy atom. The molecule has 0 saturated carbocycles. The Kier molecular flexibility index (Phi) is 3.75. The third-order valence-electron chi connectivity index (χ3n) is 3.04. The summed E-state index contributed by atoms with van der Waals surface area (Å²) in [6.45, 7) is 7.49. The summed E-state index contributed by atoms with van der Waals surface area (Å²) in [7, 11) is 0.